The summed E-state index contributed by atoms with van der Waals surface area (Å²) in [5.74, 6) is -0.239. The van der Waals surface area contributed by atoms with Gasteiger partial charge < -0.3 is 9.84 Å². The Kier molecular flexibility index (Phi) is 4.38. The quantitative estimate of drug-likeness (QED) is 0.708. The lowest BCUT2D eigenvalue weighted by molar-refractivity contribution is 0.0696. The molecule has 0 atom stereocenters. The number of carbonyl (C=O) groups is 2. The van der Waals surface area contributed by atoms with Crippen molar-refractivity contribution in [2.75, 3.05) is 0 Å². The highest BCUT2D eigenvalue weighted by Gasteiger charge is 2.14. The summed E-state index contributed by atoms with van der Waals surface area (Å²) in [6, 6.07) is 22.0. The minimum absolute atomic E-state index is 0.131. The molecular formula is C20H14O4. The smallest absolute Gasteiger partial charge is 0.335 e. The number of carbonyl (C=O) groups excluding carboxylic acids is 1. The van der Waals surface area contributed by atoms with Gasteiger partial charge in [0, 0.05) is 5.56 Å². The number of carboxylic acids is 1. The molecule has 0 saturated carbocycles. The molecule has 0 radical (unpaired) electrons. The molecule has 0 aromatic heterocycles. The lowest BCUT2D eigenvalue weighted by Gasteiger charge is -2.10. The van der Waals surface area contributed by atoms with Gasteiger partial charge in [-0.25, -0.2) is 4.79 Å². The molecule has 0 amide bonds. The van der Waals surface area contributed by atoms with Gasteiger partial charge in [-0.05, 0) is 36.4 Å². The van der Waals surface area contributed by atoms with Crippen LogP contribution in [0.1, 0.15) is 26.3 Å². The second-order valence-electron chi connectivity index (χ2n) is 5.12. The minimum atomic E-state index is -0.999. The third-order valence-electron chi connectivity index (χ3n) is 3.50. The zero-order chi connectivity index (χ0) is 16.9. The van der Waals surface area contributed by atoms with E-state index in [0.29, 0.717) is 22.6 Å². The summed E-state index contributed by atoms with van der Waals surface area (Å²) >= 11 is 0. The second kappa shape index (κ2) is 6.79. The van der Waals surface area contributed by atoms with Crippen molar-refractivity contribution in [3.63, 3.8) is 0 Å². The molecule has 0 aliphatic carbocycles. The van der Waals surface area contributed by atoms with Crippen molar-refractivity contribution in [2.45, 2.75) is 0 Å². The summed E-state index contributed by atoms with van der Waals surface area (Å²) in [4.78, 5) is 23.5. The maximum atomic E-state index is 12.6. The third-order valence-corrected chi connectivity index (χ3v) is 3.50. The molecule has 3 aromatic rings. The van der Waals surface area contributed by atoms with Crippen LogP contribution in [0.3, 0.4) is 0 Å². The molecule has 118 valence electrons. The van der Waals surface area contributed by atoms with Crippen molar-refractivity contribution >= 4 is 11.8 Å². The third kappa shape index (κ3) is 3.33. The standard InChI is InChI=1S/C20H14O4/c21-19(14-6-2-1-3-7-14)17-8-4-5-9-18(17)24-16-12-10-15(11-13-16)20(22)23/h1-13H,(H,22,23). The van der Waals surface area contributed by atoms with Gasteiger partial charge in [0.15, 0.2) is 5.78 Å². The van der Waals surface area contributed by atoms with Gasteiger partial charge in [-0.2, -0.15) is 0 Å². The van der Waals surface area contributed by atoms with Crippen LogP contribution in [0.25, 0.3) is 0 Å². The van der Waals surface area contributed by atoms with E-state index in [1.165, 1.54) is 12.1 Å². The van der Waals surface area contributed by atoms with Crippen LogP contribution in [-0.4, -0.2) is 16.9 Å². The van der Waals surface area contributed by atoms with Crippen molar-refractivity contribution in [1.82, 2.24) is 0 Å². The van der Waals surface area contributed by atoms with Crippen LogP contribution in [0, 0.1) is 0 Å². The fourth-order valence-corrected chi connectivity index (χ4v) is 2.28. The Morgan fingerprint density at radius 2 is 1.33 bits per heavy atom. The van der Waals surface area contributed by atoms with Crippen LogP contribution in [0.4, 0.5) is 0 Å². The number of ether oxygens (including phenoxy) is 1. The SMILES string of the molecule is O=C(O)c1ccc(Oc2ccccc2C(=O)c2ccccc2)cc1. The molecular weight excluding hydrogens is 304 g/mol. The van der Waals surface area contributed by atoms with Crippen molar-refractivity contribution in [3.05, 3.63) is 95.6 Å². The molecule has 24 heavy (non-hydrogen) atoms. The van der Waals surface area contributed by atoms with E-state index in [2.05, 4.69) is 0 Å². The van der Waals surface area contributed by atoms with E-state index < -0.39 is 5.97 Å². The van der Waals surface area contributed by atoms with Crippen molar-refractivity contribution in [2.24, 2.45) is 0 Å². The first-order valence-electron chi connectivity index (χ1n) is 7.35. The number of aromatic carboxylic acids is 1. The summed E-state index contributed by atoms with van der Waals surface area (Å²) in [6.07, 6.45) is 0. The fourth-order valence-electron chi connectivity index (χ4n) is 2.28. The predicted octanol–water partition coefficient (Wildman–Crippen LogP) is 4.41. The average Bonchev–Trinajstić information content (AvgIpc) is 2.63. The van der Waals surface area contributed by atoms with Gasteiger partial charge in [0.05, 0.1) is 11.1 Å². The fraction of sp³-hybridized carbons (Fsp3) is 0. The topological polar surface area (TPSA) is 63.6 Å². The summed E-state index contributed by atoms with van der Waals surface area (Å²) in [6.45, 7) is 0. The van der Waals surface area contributed by atoms with Gasteiger partial charge >= 0.3 is 5.97 Å². The van der Waals surface area contributed by atoms with Gasteiger partial charge in [-0.1, -0.05) is 42.5 Å². The molecule has 0 unspecified atom stereocenters. The molecule has 4 nitrogen and oxygen atoms in total. The largest absolute Gasteiger partial charge is 0.478 e. The molecule has 0 aliphatic rings. The van der Waals surface area contributed by atoms with E-state index >= 15 is 0 Å². The first kappa shape index (κ1) is 15.5. The number of carboxylic acid groups (broad SMARTS) is 1. The highest BCUT2D eigenvalue weighted by atomic mass is 16.5. The minimum Gasteiger partial charge on any atom is -0.478 e. The normalized spacial score (nSPS) is 10.2. The Morgan fingerprint density at radius 1 is 0.708 bits per heavy atom. The van der Waals surface area contributed by atoms with E-state index in [9.17, 15) is 9.59 Å². The summed E-state index contributed by atoms with van der Waals surface area (Å²) in [7, 11) is 0. The molecule has 0 saturated heterocycles. The Hall–Kier alpha value is -3.40. The second-order valence-corrected chi connectivity index (χ2v) is 5.12. The lowest BCUT2D eigenvalue weighted by atomic mass is 10.0. The van der Waals surface area contributed by atoms with Crippen molar-refractivity contribution in [1.29, 1.82) is 0 Å². The van der Waals surface area contributed by atoms with Crippen LogP contribution < -0.4 is 4.74 Å². The van der Waals surface area contributed by atoms with Gasteiger partial charge in [-0.3, -0.25) is 4.79 Å². The maximum absolute atomic E-state index is 12.6. The zero-order valence-corrected chi connectivity index (χ0v) is 12.7. The Labute approximate surface area is 139 Å². The van der Waals surface area contributed by atoms with Crippen LogP contribution in [-0.2, 0) is 0 Å². The van der Waals surface area contributed by atoms with E-state index in [1.807, 2.05) is 6.07 Å². The molecule has 0 heterocycles. The predicted molar refractivity (Wildman–Crippen MR) is 89.8 cm³/mol. The lowest BCUT2D eigenvalue weighted by Crippen LogP contribution is -2.03. The number of benzene rings is 3. The summed E-state index contributed by atoms with van der Waals surface area (Å²) in [5, 5.41) is 8.92. The maximum Gasteiger partial charge on any atom is 0.335 e. The molecule has 1 N–H and O–H groups in total. The van der Waals surface area contributed by atoms with Gasteiger partial charge in [0.25, 0.3) is 0 Å². The summed E-state index contributed by atoms with van der Waals surface area (Å²) < 4.78 is 5.77. The summed E-state index contributed by atoms with van der Waals surface area (Å²) in [5.41, 5.74) is 1.21. The Morgan fingerprint density at radius 3 is 2.00 bits per heavy atom. The van der Waals surface area contributed by atoms with Gasteiger partial charge in [0.2, 0.25) is 0 Å². The Balaban J connectivity index is 1.89. The molecule has 0 spiro atoms. The van der Waals surface area contributed by atoms with Gasteiger partial charge in [-0.15, -0.1) is 0 Å². The molecule has 3 aromatic carbocycles. The molecule has 0 bridgehead atoms. The first-order chi connectivity index (χ1) is 11.6. The number of ketones is 1. The van der Waals surface area contributed by atoms with Gasteiger partial charge in [0.1, 0.15) is 11.5 Å². The highest BCUT2D eigenvalue weighted by Crippen LogP contribution is 2.27. The van der Waals surface area contributed by atoms with E-state index in [-0.39, 0.29) is 11.3 Å². The van der Waals surface area contributed by atoms with Crippen LogP contribution >= 0.6 is 0 Å². The molecule has 0 aliphatic heterocycles. The van der Waals surface area contributed by atoms with E-state index in [1.54, 1.807) is 60.7 Å². The van der Waals surface area contributed by atoms with E-state index in [0.717, 1.165) is 0 Å². The van der Waals surface area contributed by atoms with Crippen molar-refractivity contribution < 1.29 is 19.4 Å². The zero-order valence-electron chi connectivity index (χ0n) is 12.7. The Bertz CT molecular complexity index is 868. The number of hydrogen-bond acceptors (Lipinski definition) is 3. The molecule has 4 heteroatoms. The number of para-hydroxylation sites is 1. The number of rotatable bonds is 5. The van der Waals surface area contributed by atoms with Crippen LogP contribution in [0.5, 0.6) is 11.5 Å². The van der Waals surface area contributed by atoms with Crippen LogP contribution in [0.15, 0.2) is 78.9 Å². The van der Waals surface area contributed by atoms with Crippen LogP contribution in [0.2, 0.25) is 0 Å². The highest BCUT2D eigenvalue weighted by molar-refractivity contribution is 6.10. The molecule has 3 rings (SSSR count). The van der Waals surface area contributed by atoms with Crippen molar-refractivity contribution in [3.8, 4) is 11.5 Å². The molecule has 0 fully saturated rings. The first-order valence-corrected chi connectivity index (χ1v) is 7.35. The average molecular weight is 318 g/mol. The number of hydrogen-bond donors (Lipinski definition) is 1. The van der Waals surface area contributed by atoms with E-state index in [4.69, 9.17) is 9.84 Å². The monoisotopic (exact) mass is 318 g/mol.